The van der Waals surface area contributed by atoms with Gasteiger partial charge in [-0.25, -0.2) is 0 Å². The molecular weight excluding hydrogens is 176 g/mol. The highest BCUT2D eigenvalue weighted by Crippen LogP contribution is 2.42. The summed E-state index contributed by atoms with van der Waals surface area (Å²) < 4.78 is 5.24. The quantitative estimate of drug-likeness (QED) is 0.496. The zero-order valence-electron chi connectivity index (χ0n) is 7.79. The summed E-state index contributed by atoms with van der Waals surface area (Å²) in [6, 6.07) is 0. The smallest absolute Gasteiger partial charge is 0.103 e. The molecule has 0 aliphatic carbocycles. The summed E-state index contributed by atoms with van der Waals surface area (Å²) >= 11 is 0. The molecule has 5 heteroatoms. The molecule has 5 nitrogen and oxygen atoms in total. The minimum atomic E-state index is -0.736. The van der Waals surface area contributed by atoms with Gasteiger partial charge in [0.25, 0.3) is 0 Å². The summed E-state index contributed by atoms with van der Waals surface area (Å²) in [5.41, 5.74) is -1.46. The molecule has 0 spiro atoms. The van der Waals surface area contributed by atoms with Crippen molar-refractivity contribution in [1.82, 2.24) is 0 Å². The van der Waals surface area contributed by atoms with Crippen LogP contribution in [0.3, 0.4) is 0 Å². The van der Waals surface area contributed by atoms with E-state index in [1.54, 1.807) is 6.92 Å². The summed E-state index contributed by atoms with van der Waals surface area (Å²) in [5.74, 6) is 0. The predicted molar refractivity (Wildman–Crippen MR) is 46.3 cm³/mol. The third kappa shape index (κ3) is 1.70. The molecule has 1 atom stereocenters. The standard InChI is InChI=1S/C8H16O4.H2O/c1-7(4-9,5-10)8(6-11)2-3-12-8;/h9-11H,2-6H2,1H3;1H2. The van der Waals surface area contributed by atoms with E-state index in [1.165, 1.54) is 0 Å². The molecule has 0 radical (unpaired) electrons. The van der Waals surface area contributed by atoms with Gasteiger partial charge in [0.05, 0.1) is 26.4 Å². The Bertz CT molecular complexity index is 134. The van der Waals surface area contributed by atoms with Gasteiger partial charge in [0.15, 0.2) is 0 Å². The van der Waals surface area contributed by atoms with Gasteiger partial charge < -0.3 is 25.5 Å². The molecule has 80 valence electrons. The van der Waals surface area contributed by atoms with Crippen LogP contribution < -0.4 is 0 Å². The number of hydrogen-bond acceptors (Lipinski definition) is 4. The maximum Gasteiger partial charge on any atom is 0.103 e. The molecule has 1 aliphatic heterocycles. The van der Waals surface area contributed by atoms with Crippen molar-refractivity contribution in [2.75, 3.05) is 26.4 Å². The Morgan fingerprint density at radius 1 is 1.31 bits per heavy atom. The Balaban J connectivity index is 0.00000144. The van der Waals surface area contributed by atoms with Gasteiger partial charge >= 0.3 is 0 Å². The van der Waals surface area contributed by atoms with E-state index >= 15 is 0 Å². The highest BCUT2D eigenvalue weighted by atomic mass is 16.5. The van der Waals surface area contributed by atoms with Crippen LogP contribution in [0.5, 0.6) is 0 Å². The molecule has 1 fully saturated rings. The monoisotopic (exact) mass is 194 g/mol. The maximum atomic E-state index is 9.09. The fourth-order valence-electron chi connectivity index (χ4n) is 1.48. The van der Waals surface area contributed by atoms with E-state index < -0.39 is 11.0 Å². The first kappa shape index (κ1) is 12.8. The van der Waals surface area contributed by atoms with Crippen molar-refractivity contribution in [2.45, 2.75) is 18.9 Å². The van der Waals surface area contributed by atoms with E-state index in [-0.39, 0.29) is 25.3 Å². The SMILES string of the molecule is CC(CO)(CO)C1(CO)CCO1.O. The first-order chi connectivity index (χ1) is 5.64. The minimum absolute atomic E-state index is 0. The van der Waals surface area contributed by atoms with Crippen molar-refractivity contribution in [3.8, 4) is 0 Å². The molecule has 0 aromatic carbocycles. The lowest BCUT2D eigenvalue weighted by Gasteiger charge is -2.51. The number of aliphatic hydroxyl groups is 3. The van der Waals surface area contributed by atoms with E-state index in [9.17, 15) is 0 Å². The molecule has 0 aromatic rings. The summed E-state index contributed by atoms with van der Waals surface area (Å²) in [4.78, 5) is 0. The van der Waals surface area contributed by atoms with Crippen LogP contribution in [-0.2, 0) is 4.74 Å². The van der Waals surface area contributed by atoms with Crippen LogP contribution in [0.15, 0.2) is 0 Å². The second kappa shape index (κ2) is 4.34. The normalized spacial score (nSPS) is 27.7. The third-order valence-electron chi connectivity index (χ3n) is 2.94. The number of ether oxygens (including phenoxy) is 1. The predicted octanol–water partition coefficient (Wildman–Crippen LogP) is -1.70. The van der Waals surface area contributed by atoms with E-state index in [0.717, 1.165) is 0 Å². The summed E-state index contributed by atoms with van der Waals surface area (Å²) in [6.07, 6.45) is 0.696. The molecule has 1 saturated heterocycles. The number of hydrogen-bond donors (Lipinski definition) is 3. The van der Waals surface area contributed by atoms with E-state index in [0.29, 0.717) is 13.0 Å². The first-order valence-corrected chi connectivity index (χ1v) is 4.11. The first-order valence-electron chi connectivity index (χ1n) is 4.11. The number of rotatable bonds is 4. The Labute approximate surface area is 77.3 Å². The minimum Gasteiger partial charge on any atom is -0.412 e. The molecule has 5 N–H and O–H groups in total. The van der Waals surface area contributed by atoms with E-state index in [2.05, 4.69) is 0 Å². The van der Waals surface area contributed by atoms with Crippen molar-refractivity contribution in [3.05, 3.63) is 0 Å². The Kier molecular flexibility index (Phi) is 4.28. The summed E-state index contributed by atoms with van der Waals surface area (Å²) in [7, 11) is 0. The Hall–Kier alpha value is -0.200. The molecule has 13 heavy (non-hydrogen) atoms. The van der Waals surface area contributed by atoms with Crippen molar-refractivity contribution in [1.29, 1.82) is 0 Å². The van der Waals surface area contributed by atoms with Crippen LogP contribution in [0.1, 0.15) is 13.3 Å². The zero-order valence-corrected chi connectivity index (χ0v) is 7.79. The van der Waals surface area contributed by atoms with Gasteiger partial charge in [0, 0.05) is 11.8 Å². The van der Waals surface area contributed by atoms with Crippen LogP contribution in [-0.4, -0.2) is 52.8 Å². The third-order valence-corrected chi connectivity index (χ3v) is 2.94. The molecule has 0 amide bonds. The Morgan fingerprint density at radius 3 is 1.85 bits per heavy atom. The largest absolute Gasteiger partial charge is 0.412 e. The van der Waals surface area contributed by atoms with Crippen LogP contribution >= 0.6 is 0 Å². The lowest BCUT2D eigenvalue weighted by molar-refractivity contribution is -0.250. The molecule has 1 heterocycles. The lowest BCUT2D eigenvalue weighted by atomic mass is 9.70. The van der Waals surface area contributed by atoms with Gasteiger partial charge in [-0.1, -0.05) is 6.92 Å². The average Bonchev–Trinajstić information content (AvgIpc) is 2.03. The van der Waals surface area contributed by atoms with Gasteiger partial charge in [-0.05, 0) is 0 Å². The molecule has 1 aliphatic rings. The van der Waals surface area contributed by atoms with Crippen LogP contribution in [0.4, 0.5) is 0 Å². The van der Waals surface area contributed by atoms with Crippen molar-refractivity contribution < 1.29 is 25.5 Å². The van der Waals surface area contributed by atoms with Crippen LogP contribution in [0.2, 0.25) is 0 Å². The second-order valence-corrected chi connectivity index (χ2v) is 3.63. The highest BCUT2D eigenvalue weighted by Gasteiger charge is 2.52. The molecule has 0 aromatic heterocycles. The van der Waals surface area contributed by atoms with Gasteiger partial charge in [0.2, 0.25) is 0 Å². The average molecular weight is 194 g/mol. The van der Waals surface area contributed by atoms with Gasteiger partial charge in [-0.3, -0.25) is 0 Å². The molecule has 1 rings (SSSR count). The zero-order chi connectivity index (χ0) is 9.24. The number of aliphatic hydroxyl groups excluding tert-OH is 3. The van der Waals surface area contributed by atoms with Gasteiger partial charge in [-0.15, -0.1) is 0 Å². The van der Waals surface area contributed by atoms with Crippen molar-refractivity contribution in [3.63, 3.8) is 0 Å². The van der Waals surface area contributed by atoms with Crippen molar-refractivity contribution in [2.24, 2.45) is 5.41 Å². The van der Waals surface area contributed by atoms with Crippen molar-refractivity contribution >= 4 is 0 Å². The van der Waals surface area contributed by atoms with Gasteiger partial charge in [0.1, 0.15) is 5.60 Å². The highest BCUT2D eigenvalue weighted by molar-refractivity contribution is 5.01. The lowest BCUT2D eigenvalue weighted by Crippen LogP contribution is -2.61. The fraction of sp³-hybridized carbons (Fsp3) is 1.00. The maximum absolute atomic E-state index is 9.09. The second-order valence-electron chi connectivity index (χ2n) is 3.63. The molecule has 1 unspecified atom stereocenters. The Morgan fingerprint density at radius 2 is 1.77 bits per heavy atom. The molecule has 0 saturated carbocycles. The molecular formula is C8H18O5. The van der Waals surface area contributed by atoms with E-state index in [4.69, 9.17) is 20.1 Å². The topological polar surface area (TPSA) is 101 Å². The van der Waals surface area contributed by atoms with E-state index in [1.807, 2.05) is 0 Å². The molecule has 0 bridgehead atoms. The fourth-order valence-corrected chi connectivity index (χ4v) is 1.48. The van der Waals surface area contributed by atoms with Crippen LogP contribution in [0.25, 0.3) is 0 Å². The van der Waals surface area contributed by atoms with Gasteiger partial charge in [-0.2, -0.15) is 0 Å². The van der Waals surface area contributed by atoms with Crippen LogP contribution in [0, 0.1) is 5.41 Å². The summed E-state index contributed by atoms with van der Waals surface area (Å²) in [6.45, 7) is 1.80. The summed E-state index contributed by atoms with van der Waals surface area (Å²) in [5, 5.41) is 27.2.